The van der Waals surface area contributed by atoms with E-state index in [9.17, 15) is 13.2 Å². The predicted molar refractivity (Wildman–Crippen MR) is 118 cm³/mol. The second-order valence-electron chi connectivity index (χ2n) is 7.69. The maximum Gasteiger partial charge on any atom is 0.243 e. The van der Waals surface area contributed by atoms with Crippen molar-refractivity contribution >= 4 is 38.7 Å². The number of imidazole rings is 1. The average molecular weight is 455 g/mol. The van der Waals surface area contributed by atoms with Crippen LogP contribution in [0, 0.1) is 5.92 Å². The first kappa shape index (κ1) is 23.1. The number of ether oxygens (including phenoxy) is 1. The molecular formula is C20H30N4O4S2. The number of nitrogens with one attached hydrogen (secondary N) is 1. The van der Waals surface area contributed by atoms with E-state index in [4.69, 9.17) is 4.74 Å². The van der Waals surface area contributed by atoms with Gasteiger partial charge in [-0.3, -0.25) is 4.79 Å². The first-order valence-electron chi connectivity index (χ1n) is 10.2. The number of thioether (sulfide) groups is 1. The van der Waals surface area contributed by atoms with Gasteiger partial charge >= 0.3 is 0 Å². The van der Waals surface area contributed by atoms with Gasteiger partial charge in [0.1, 0.15) is 0 Å². The molecule has 1 atom stereocenters. The van der Waals surface area contributed by atoms with E-state index in [0.717, 1.165) is 5.52 Å². The summed E-state index contributed by atoms with van der Waals surface area (Å²) in [7, 11) is -3.58. The number of nitrogens with zero attached hydrogens (tertiary/aromatic N) is 3. The number of fused-ring (bicyclic) bond motifs is 1. The minimum absolute atomic E-state index is 0.0357. The summed E-state index contributed by atoms with van der Waals surface area (Å²) in [5.74, 6) is 0.594. The fraction of sp³-hybridized carbons (Fsp3) is 0.600. The van der Waals surface area contributed by atoms with Gasteiger partial charge in [0, 0.05) is 25.7 Å². The third kappa shape index (κ3) is 4.99. The lowest BCUT2D eigenvalue weighted by atomic mass is 10.1. The lowest BCUT2D eigenvalue weighted by molar-refractivity contribution is -0.119. The number of hydrogen-bond donors (Lipinski definition) is 1. The third-order valence-electron chi connectivity index (χ3n) is 5.33. The molecule has 3 rings (SSSR count). The second kappa shape index (κ2) is 9.67. The van der Waals surface area contributed by atoms with Gasteiger partial charge in [-0.05, 0) is 38.0 Å². The summed E-state index contributed by atoms with van der Waals surface area (Å²) in [4.78, 5) is 17.1. The Morgan fingerprint density at radius 2 is 1.97 bits per heavy atom. The van der Waals surface area contributed by atoms with Crippen LogP contribution < -0.4 is 5.32 Å². The average Bonchev–Trinajstić information content (AvgIpc) is 3.09. The van der Waals surface area contributed by atoms with E-state index < -0.39 is 10.0 Å². The number of amides is 1. The summed E-state index contributed by atoms with van der Waals surface area (Å²) in [6, 6.07) is 5.16. The number of aryl methyl sites for hydroxylation is 1. The fourth-order valence-electron chi connectivity index (χ4n) is 3.19. The van der Waals surface area contributed by atoms with Gasteiger partial charge in [0.25, 0.3) is 0 Å². The van der Waals surface area contributed by atoms with Crippen LogP contribution in [-0.2, 0) is 26.1 Å². The zero-order valence-corrected chi connectivity index (χ0v) is 19.6. The van der Waals surface area contributed by atoms with E-state index in [2.05, 4.69) is 24.1 Å². The molecule has 0 unspecified atom stereocenters. The smallest absolute Gasteiger partial charge is 0.243 e. The number of sulfonamides is 1. The van der Waals surface area contributed by atoms with Crippen molar-refractivity contribution < 1.29 is 17.9 Å². The molecule has 2 aromatic rings. The molecule has 0 radical (unpaired) electrons. The van der Waals surface area contributed by atoms with Crippen LogP contribution >= 0.6 is 11.8 Å². The first-order chi connectivity index (χ1) is 14.2. The highest BCUT2D eigenvalue weighted by molar-refractivity contribution is 7.99. The maximum absolute atomic E-state index is 12.9. The zero-order valence-electron chi connectivity index (χ0n) is 17.9. The monoisotopic (exact) mass is 454 g/mol. The molecule has 10 heteroatoms. The first-order valence-corrected chi connectivity index (χ1v) is 12.7. The van der Waals surface area contributed by atoms with Crippen molar-refractivity contribution in [1.82, 2.24) is 19.2 Å². The van der Waals surface area contributed by atoms with E-state index in [0.29, 0.717) is 49.4 Å². The van der Waals surface area contributed by atoms with Gasteiger partial charge in [0.15, 0.2) is 5.16 Å². The summed E-state index contributed by atoms with van der Waals surface area (Å²) in [5.41, 5.74) is 1.47. The summed E-state index contributed by atoms with van der Waals surface area (Å²) >= 11 is 1.36. The Labute approximate surface area is 182 Å². The lowest BCUT2D eigenvalue weighted by Crippen LogP contribution is -2.40. The SMILES string of the molecule is CCn1c(SCC(=O)N[C@@H](C)C(C)C)nc2cc(S(=O)(=O)N3CCOCC3)ccc21. The highest BCUT2D eigenvalue weighted by Crippen LogP contribution is 2.27. The quantitative estimate of drug-likeness (QED) is 0.616. The minimum atomic E-state index is -3.58. The summed E-state index contributed by atoms with van der Waals surface area (Å²) in [6.45, 7) is 10.3. The van der Waals surface area contributed by atoms with Gasteiger partial charge in [-0.25, -0.2) is 13.4 Å². The molecule has 0 saturated carbocycles. The Hall–Kier alpha value is -1.62. The van der Waals surface area contributed by atoms with Crippen molar-refractivity contribution in [1.29, 1.82) is 0 Å². The van der Waals surface area contributed by atoms with Gasteiger partial charge in [-0.15, -0.1) is 0 Å². The Kier molecular flexibility index (Phi) is 7.43. The van der Waals surface area contributed by atoms with Crippen LogP contribution in [0.2, 0.25) is 0 Å². The molecule has 1 saturated heterocycles. The third-order valence-corrected chi connectivity index (χ3v) is 8.20. The molecule has 1 amide bonds. The van der Waals surface area contributed by atoms with Crippen molar-refractivity contribution in [2.45, 2.75) is 50.3 Å². The normalized spacial score (nSPS) is 16.8. The van der Waals surface area contributed by atoms with Crippen molar-refractivity contribution in [2.24, 2.45) is 5.92 Å². The Bertz CT molecular complexity index is 998. The highest BCUT2D eigenvalue weighted by Gasteiger charge is 2.27. The molecule has 1 aromatic heterocycles. The van der Waals surface area contributed by atoms with Gasteiger partial charge in [0.05, 0.1) is 34.9 Å². The number of benzene rings is 1. The number of carbonyl (C=O) groups excluding carboxylic acids is 1. The number of aromatic nitrogens is 2. The van der Waals surface area contributed by atoms with Crippen molar-refractivity contribution in [3.63, 3.8) is 0 Å². The molecule has 1 aromatic carbocycles. The molecular weight excluding hydrogens is 424 g/mol. The number of morpholine rings is 1. The molecule has 0 aliphatic carbocycles. The van der Waals surface area contributed by atoms with E-state index in [1.165, 1.54) is 16.1 Å². The van der Waals surface area contributed by atoms with Crippen molar-refractivity contribution in [2.75, 3.05) is 32.1 Å². The van der Waals surface area contributed by atoms with E-state index in [-0.39, 0.29) is 22.6 Å². The standard InChI is InChI=1S/C20H30N4O4S2/c1-5-24-18-7-6-16(30(26,27)23-8-10-28-11-9-23)12-17(18)22-20(24)29-13-19(25)21-15(4)14(2)3/h6-7,12,14-15H,5,8-11,13H2,1-4H3,(H,21,25)/t15-/m0/s1. The largest absolute Gasteiger partial charge is 0.379 e. The van der Waals surface area contributed by atoms with Gasteiger partial charge < -0.3 is 14.6 Å². The Balaban J connectivity index is 1.81. The van der Waals surface area contributed by atoms with Crippen LogP contribution in [0.1, 0.15) is 27.7 Å². The van der Waals surface area contributed by atoms with E-state index in [1.54, 1.807) is 18.2 Å². The van der Waals surface area contributed by atoms with E-state index in [1.807, 2.05) is 18.4 Å². The van der Waals surface area contributed by atoms with Crippen LogP contribution in [0.15, 0.2) is 28.3 Å². The Morgan fingerprint density at radius 1 is 1.27 bits per heavy atom. The molecule has 1 N–H and O–H groups in total. The van der Waals surface area contributed by atoms with Crippen molar-refractivity contribution in [3.8, 4) is 0 Å². The number of rotatable bonds is 8. The van der Waals surface area contributed by atoms with Crippen LogP contribution in [0.5, 0.6) is 0 Å². The molecule has 0 spiro atoms. The van der Waals surface area contributed by atoms with Gasteiger partial charge in [0.2, 0.25) is 15.9 Å². The topological polar surface area (TPSA) is 93.5 Å². The number of carbonyl (C=O) groups is 1. The van der Waals surface area contributed by atoms with Crippen molar-refractivity contribution in [3.05, 3.63) is 18.2 Å². The van der Waals surface area contributed by atoms with Crippen LogP contribution in [-0.4, -0.2) is 66.3 Å². The second-order valence-corrected chi connectivity index (χ2v) is 10.6. The van der Waals surface area contributed by atoms with Gasteiger partial charge in [-0.1, -0.05) is 25.6 Å². The molecule has 1 aliphatic heterocycles. The summed E-state index contributed by atoms with van der Waals surface area (Å²) in [6.07, 6.45) is 0. The van der Waals surface area contributed by atoms with Gasteiger partial charge in [-0.2, -0.15) is 4.31 Å². The molecule has 0 bridgehead atoms. The predicted octanol–water partition coefficient (Wildman–Crippen LogP) is 2.33. The molecule has 8 nitrogen and oxygen atoms in total. The summed E-state index contributed by atoms with van der Waals surface area (Å²) < 4.78 is 34.6. The number of hydrogen-bond acceptors (Lipinski definition) is 6. The fourth-order valence-corrected chi connectivity index (χ4v) is 5.51. The maximum atomic E-state index is 12.9. The zero-order chi connectivity index (χ0) is 21.9. The highest BCUT2D eigenvalue weighted by atomic mass is 32.2. The molecule has 1 aliphatic rings. The minimum Gasteiger partial charge on any atom is -0.379 e. The molecule has 2 heterocycles. The lowest BCUT2D eigenvalue weighted by Gasteiger charge is -2.26. The Morgan fingerprint density at radius 3 is 2.60 bits per heavy atom. The molecule has 30 heavy (non-hydrogen) atoms. The van der Waals surface area contributed by atoms with Crippen LogP contribution in [0.4, 0.5) is 0 Å². The molecule has 1 fully saturated rings. The van der Waals surface area contributed by atoms with Crippen LogP contribution in [0.3, 0.4) is 0 Å². The molecule has 166 valence electrons. The van der Waals surface area contributed by atoms with Crippen LogP contribution in [0.25, 0.3) is 11.0 Å². The van der Waals surface area contributed by atoms with E-state index >= 15 is 0 Å². The summed E-state index contributed by atoms with van der Waals surface area (Å²) in [5, 5.41) is 3.70.